The Labute approximate surface area is 95.0 Å². The second-order valence-electron chi connectivity index (χ2n) is 3.83. The van der Waals surface area contributed by atoms with Crippen molar-refractivity contribution in [2.75, 3.05) is 0 Å². The van der Waals surface area contributed by atoms with E-state index in [0.717, 1.165) is 17.5 Å². The monoisotopic (exact) mass is 211 g/mol. The number of aldehydes is 1. The topological polar surface area (TPSA) is 30.0 Å². The van der Waals surface area contributed by atoms with Crippen molar-refractivity contribution in [1.29, 1.82) is 0 Å². The van der Waals surface area contributed by atoms with Gasteiger partial charge >= 0.3 is 0 Å². The predicted molar refractivity (Wildman–Crippen MR) is 63.6 cm³/mol. The van der Waals surface area contributed by atoms with E-state index in [4.69, 9.17) is 0 Å². The summed E-state index contributed by atoms with van der Waals surface area (Å²) in [6.45, 7) is 1.94. The average Bonchev–Trinajstić information content (AvgIpc) is 2.33. The molecule has 0 bridgehead atoms. The van der Waals surface area contributed by atoms with Crippen LogP contribution in [0.15, 0.2) is 42.6 Å². The number of aryl methyl sites for hydroxylation is 1. The standard InChI is InChI=1S/C14H13NO/c1-11-7-13(10-16)14(15-9-11)8-12-5-3-2-4-6-12/h2-7,9-10H,8H2,1H3. The summed E-state index contributed by atoms with van der Waals surface area (Å²) in [5.41, 5.74) is 3.71. The molecule has 0 N–H and O–H groups in total. The lowest BCUT2D eigenvalue weighted by Gasteiger charge is -2.04. The van der Waals surface area contributed by atoms with E-state index in [-0.39, 0.29) is 0 Å². The van der Waals surface area contributed by atoms with E-state index in [1.54, 1.807) is 6.20 Å². The van der Waals surface area contributed by atoms with Crippen molar-refractivity contribution in [2.45, 2.75) is 13.3 Å². The van der Waals surface area contributed by atoms with Gasteiger partial charge in [-0.15, -0.1) is 0 Å². The van der Waals surface area contributed by atoms with E-state index in [0.29, 0.717) is 12.0 Å². The average molecular weight is 211 g/mol. The quantitative estimate of drug-likeness (QED) is 0.731. The molecule has 2 nitrogen and oxygen atoms in total. The summed E-state index contributed by atoms with van der Waals surface area (Å²) in [6, 6.07) is 11.9. The Bertz CT molecular complexity index is 491. The molecule has 0 radical (unpaired) electrons. The number of aromatic nitrogens is 1. The molecular weight excluding hydrogens is 198 g/mol. The molecule has 2 aromatic rings. The Kier molecular flexibility index (Phi) is 3.10. The molecule has 0 unspecified atom stereocenters. The summed E-state index contributed by atoms with van der Waals surface area (Å²) in [4.78, 5) is 15.2. The van der Waals surface area contributed by atoms with Crippen LogP contribution in [0, 0.1) is 6.92 Å². The Morgan fingerprint density at radius 2 is 2.00 bits per heavy atom. The van der Waals surface area contributed by atoms with Gasteiger partial charge in [0.05, 0.1) is 5.69 Å². The van der Waals surface area contributed by atoms with Gasteiger partial charge in [0.15, 0.2) is 6.29 Å². The predicted octanol–water partition coefficient (Wildman–Crippen LogP) is 2.79. The lowest BCUT2D eigenvalue weighted by Crippen LogP contribution is -1.98. The lowest BCUT2D eigenvalue weighted by molar-refractivity contribution is 0.112. The molecule has 16 heavy (non-hydrogen) atoms. The van der Waals surface area contributed by atoms with Gasteiger partial charge in [0.1, 0.15) is 0 Å². The summed E-state index contributed by atoms with van der Waals surface area (Å²) in [6.07, 6.45) is 3.37. The van der Waals surface area contributed by atoms with E-state index < -0.39 is 0 Å². The minimum absolute atomic E-state index is 0.684. The zero-order chi connectivity index (χ0) is 11.4. The lowest BCUT2D eigenvalue weighted by atomic mass is 10.0. The highest BCUT2D eigenvalue weighted by Gasteiger charge is 2.04. The minimum Gasteiger partial charge on any atom is -0.298 e. The normalized spacial score (nSPS) is 10.1. The highest BCUT2D eigenvalue weighted by Crippen LogP contribution is 2.11. The maximum Gasteiger partial charge on any atom is 0.151 e. The number of benzene rings is 1. The number of nitrogens with zero attached hydrogens (tertiary/aromatic N) is 1. The van der Waals surface area contributed by atoms with Crippen molar-refractivity contribution >= 4 is 6.29 Å². The van der Waals surface area contributed by atoms with Crippen LogP contribution in [0.4, 0.5) is 0 Å². The number of rotatable bonds is 3. The number of carbonyl (C=O) groups excluding carboxylic acids is 1. The number of carbonyl (C=O) groups is 1. The van der Waals surface area contributed by atoms with Crippen LogP contribution < -0.4 is 0 Å². The zero-order valence-corrected chi connectivity index (χ0v) is 9.18. The van der Waals surface area contributed by atoms with Crippen LogP contribution in [-0.2, 0) is 6.42 Å². The van der Waals surface area contributed by atoms with Gasteiger partial charge in [-0.05, 0) is 24.1 Å². The van der Waals surface area contributed by atoms with E-state index in [1.807, 2.05) is 43.3 Å². The van der Waals surface area contributed by atoms with Crippen molar-refractivity contribution in [2.24, 2.45) is 0 Å². The van der Waals surface area contributed by atoms with Crippen LogP contribution in [-0.4, -0.2) is 11.3 Å². The molecule has 2 rings (SSSR count). The van der Waals surface area contributed by atoms with Crippen LogP contribution in [0.25, 0.3) is 0 Å². The SMILES string of the molecule is Cc1cnc(Cc2ccccc2)c(C=O)c1. The third-order valence-electron chi connectivity index (χ3n) is 2.48. The van der Waals surface area contributed by atoms with Gasteiger partial charge in [0.25, 0.3) is 0 Å². The number of hydrogen-bond acceptors (Lipinski definition) is 2. The molecule has 0 saturated carbocycles. The van der Waals surface area contributed by atoms with Crippen LogP contribution >= 0.6 is 0 Å². The number of pyridine rings is 1. The molecule has 0 aliphatic rings. The Hall–Kier alpha value is -1.96. The minimum atomic E-state index is 0.684. The van der Waals surface area contributed by atoms with Crippen molar-refractivity contribution in [3.05, 3.63) is 65.0 Å². The fourth-order valence-corrected chi connectivity index (χ4v) is 1.66. The summed E-state index contributed by atoms with van der Waals surface area (Å²) >= 11 is 0. The molecule has 0 aliphatic carbocycles. The molecule has 0 spiro atoms. The fraction of sp³-hybridized carbons (Fsp3) is 0.143. The van der Waals surface area contributed by atoms with Gasteiger partial charge in [-0.25, -0.2) is 0 Å². The van der Waals surface area contributed by atoms with Crippen molar-refractivity contribution < 1.29 is 4.79 Å². The third kappa shape index (κ3) is 2.34. The molecule has 1 heterocycles. The summed E-state index contributed by atoms with van der Waals surface area (Å²) in [5, 5.41) is 0. The molecule has 0 saturated heterocycles. The van der Waals surface area contributed by atoms with Crippen molar-refractivity contribution in [3.63, 3.8) is 0 Å². The molecule has 2 heteroatoms. The van der Waals surface area contributed by atoms with E-state index in [9.17, 15) is 4.79 Å². The summed E-state index contributed by atoms with van der Waals surface area (Å²) in [7, 11) is 0. The largest absolute Gasteiger partial charge is 0.298 e. The summed E-state index contributed by atoms with van der Waals surface area (Å²) in [5.74, 6) is 0. The van der Waals surface area contributed by atoms with E-state index in [2.05, 4.69) is 4.98 Å². The van der Waals surface area contributed by atoms with Crippen LogP contribution in [0.2, 0.25) is 0 Å². The van der Waals surface area contributed by atoms with Crippen LogP contribution in [0.5, 0.6) is 0 Å². The zero-order valence-electron chi connectivity index (χ0n) is 9.18. The van der Waals surface area contributed by atoms with Crippen molar-refractivity contribution in [1.82, 2.24) is 4.98 Å². The Morgan fingerprint density at radius 1 is 1.25 bits per heavy atom. The highest BCUT2D eigenvalue weighted by molar-refractivity contribution is 5.76. The first-order valence-electron chi connectivity index (χ1n) is 5.24. The molecule has 1 aromatic heterocycles. The fourth-order valence-electron chi connectivity index (χ4n) is 1.66. The van der Waals surface area contributed by atoms with Gasteiger partial charge in [-0.1, -0.05) is 30.3 Å². The molecule has 1 aromatic carbocycles. The van der Waals surface area contributed by atoms with Gasteiger partial charge in [0.2, 0.25) is 0 Å². The van der Waals surface area contributed by atoms with Gasteiger partial charge in [-0.3, -0.25) is 9.78 Å². The Morgan fingerprint density at radius 3 is 2.69 bits per heavy atom. The van der Waals surface area contributed by atoms with Gasteiger partial charge in [0, 0.05) is 18.2 Å². The number of hydrogen-bond donors (Lipinski definition) is 0. The molecule has 80 valence electrons. The van der Waals surface area contributed by atoms with Crippen LogP contribution in [0.1, 0.15) is 27.2 Å². The maximum absolute atomic E-state index is 10.9. The van der Waals surface area contributed by atoms with Gasteiger partial charge in [-0.2, -0.15) is 0 Å². The van der Waals surface area contributed by atoms with Crippen LogP contribution in [0.3, 0.4) is 0 Å². The second kappa shape index (κ2) is 4.71. The maximum atomic E-state index is 10.9. The highest BCUT2D eigenvalue weighted by atomic mass is 16.1. The Balaban J connectivity index is 2.31. The first-order valence-corrected chi connectivity index (χ1v) is 5.24. The van der Waals surface area contributed by atoms with Gasteiger partial charge < -0.3 is 0 Å². The summed E-state index contributed by atoms with van der Waals surface area (Å²) < 4.78 is 0. The third-order valence-corrected chi connectivity index (χ3v) is 2.48. The van der Waals surface area contributed by atoms with Crippen molar-refractivity contribution in [3.8, 4) is 0 Å². The molecule has 0 aliphatic heterocycles. The molecule has 0 fully saturated rings. The molecule has 0 atom stereocenters. The van der Waals surface area contributed by atoms with E-state index >= 15 is 0 Å². The molecule has 0 amide bonds. The smallest absolute Gasteiger partial charge is 0.151 e. The van der Waals surface area contributed by atoms with E-state index in [1.165, 1.54) is 5.56 Å². The second-order valence-corrected chi connectivity index (χ2v) is 3.83. The first-order chi connectivity index (χ1) is 7.79. The first kappa shape index (κ1) is 10.6. The molecular formula is C14H13NO.